The minimum Gasteiger partial charge on any atom is -0.314 e. The zero-order valence-electron chi connectivity index (χ0n) is 11.2. The van der Waals surface area contributed by atoms with Crippen molar-refractivity contribution in [1.29, 1.82) is 0 Å². The molecule has 0 amide bonds. The molecule has 4 heteroatoms. The summed E-state index contributed by atoms with van der Waals surface area (Å²) in [6, 6.07) is 4.52. The molecular weight excluding hydrogens is 252 g/mol. The van der Waals surface area contributed by atoms with E-state index in [9.17, 15) is 8.78 Å². The van der Waals surface area contributed by atoms with Gasteiger partial charge >= 0.3 is 0 Å². The summed E-state index contributed by atoms with van der Waals surface area (Å²) in [4.78, 5) is 0.782. The lowest BCUT2D eigenvalue weighted by Crippen LogP contribution is -2.29. The van der Waals surface area contributed by atoms with E-state index in [-0.39, 0.29) is 0 Å². The van der Waals surface area contributed by atoms with Crippen molar-refractivity contribution in [2.75, 3.05) is 6.54 Å². The number of rotatable bonds is 7. The summed E-state index contributed by atoms with van der Waals surface area (Å²) >= 11 is 1.58. The molecule has 0 fully saturated rings. The molecule has 1 nitrogen and oxygen atoms in total. The van der Waals surface area contributed by atoms with Gasteiger partial charge in [-0.25, -0.2) is 8.78 Å². The van der Waals surface area contributed by atoms with E-state index in [1.54, 1.807) is 17.8 Å². The van der Waals surface area contributed by atoms with Crippen LogP contribution in [0.15, 0.2) is 23.1 Å². The Morgan fingerprint density at radius 2 is 1.94 bits per heavy atom. The number of hydrogen-bond acceptors (Lipinski definition) is 2. The maximum Gasteiger partial charge on any atom is 0.159 e. The monoisotopic (exact) mass is 273 g/mol. The van der Waals surface area contributed by atoms with Crippen LogP contribution in [0, 0.1) is 11.6 Å². The van der Waals surface area contributed by atoms with Crippen molar-refractivity contribution in [3.63, 3.8) is 0 Å². The van der Waals surface area contributed by atoms with Crippen molar-refractivity contribution >= 4 is 11.8 Å². The smallest absolute Gasteiger partial charge is 0.159 e. The van der Waals surface area contributed by atoms with Crippen molar-refractivity contribution in [2.24, 2.45) is 0 Å². The quantitative estimate of drug-likeness (QED) is 0.746. The summed E-state index contributed by atoms with van der Waals surface area (Å²) in [5, 5.41) is 3.79. The summed E-state index contributed by atoms with van der Waals surface area (Å²) in [5.74, 6) is -1.56. The zero-order valence-corrected chi connectivity index (χ0v) is 12.0. The highest BCUT2D eigenvalue weighted by atomic mass is 32.2. The highest BCUT2D eigenvalue weighted by Gasteiger charge is 2.11. The van der Waals surface area contributed by atoms with Gasteiger partial charge in [0.2, 0.25) is 0 Å². The molecular formula is C14H21F2NS. The standard InChI is InChI=1S/C14H21F2NS/c1-4-7-17-10(2)8-11(3)18-12-5-6-13(15)14(16)9-12/h5-6,9-11,17H,4,7-8H2,1-3H3. The molecule has 1 rings (SSSR count). The van der Waals surface area contributed by atoms with Crippen molar-refractivity contribution < 1.29 is 8.78 Å². The number of halogens is 2. The van der Waals surface area contributed by atoms with Crippen LogP contribution in [0.2, 0.25) is 0 Å². The van der Waals surface area contributed by atoms with E-state index in [1.165, 1.54) is 12.1 Å². The van der Waals surface area contributed by atoms with Crippen molar-refractivity contribution in [2.45, 2.75) is 49.8 Å². The van der Waals surface area contributed by atoms with Gasteiger partial charge in [-0.05, 0) is 44.5 Å². The molecule has 0 spiro atoms. The van der Waals surface area contributed by atoms with Crippen molar-refractivity contribution in [1.82, 2.24) is 5.32 Å². The van der Waals surface area contributed by atoms with Gasteiger partial charge in [-0.3, -0.25) is 0 Å². The molecule has 2 unspecified atom stereocenters. The second-order valence-electron chi connectivity index (χ2n) is 4.60. The van der Waals surface area contributed by atoms with E-state index in [2.05, 4.69) is 26.1 Å². The summed E-state index contributed by atoms with van der Waals surface area (Å²) in [5.41, 5.74) is 0. The van der Waals surface area contributed by atoms with Gasteiger partial charge in [0.05, 0.1) is 0 Å². The Bertz CT molecular complexity index is 371. The minimum atomic E-state index is -0.787. The van der Waals surface area contributed by atoms with Crippen LogP contribution in [0.1, 0.15) is 33.6 Å². The van der Waals surface area contributed by atoms with Crippen LogP contribution in [0.4, 0.5) is 8.78 Å². The lowest BCUT2D eigenvalue weighted by molar-refractivity contribution is 0.505. The molecule has 102 valence electrons. The van der Waals surface area contributed by atoms with Gasteiger partial charge in [-0.15, -0.1) is 11.8 Å². The lowest BCUT2D eigenvalue weighted by Gasteiger charge is -2.18. The van der Waals surface area contributed by atoms with E-state index in [0.717, 1.165) is 24.3 Å². The van der Waals surface area contributed by atoms with Gasteiger partial charge in [0.1, 0.15) is 0 Å². The Morgan fingerprint density at radius 3 is 2.56 bits per heavy atom. The first-order valence-corrected chi connectivity index (χ1v) is 7.26. The first-order valence-electron chi connectivity index (χ1n) is 6.38. The van der Waals surface area contributed by atoms with E-state index < -0.39 is 11.6 Å². The minimum absolute atomic E-state index is 0.370. The lowest BCUT2D eigenvalue weighted by atomic mass is 10.2. The second-order valence-corrected chi connectivity index (χ2v) is 6.11. The van der Waals surface area contributed by atoms with Crippen molar-refractivity contribution in [3.05, 3.63) is 29.8 Å². The highest BCUT2D eigenvalue weighted by Crippen LogP contribution is 2.27. The summed E-state index contributed by atoms with van der Waals surface area (Å²) in [6.07, 6.45) is 2.12. The fourth-order valence-electron chi connectivity index (χ4n) is 1.80. The third-order valence-corrected chi connectivity index (χ3v) is 3.78. The van der Waals surface area contributed by atoms with E-state index in [0.29, 0.717) is 11.3 Å². The summed E-state index contributed by atoms with van der Waals surface area (Å²) in [6.45, 7) is 7.41. The van der Waals surface area contributed by atoms with Crippen LogP contribution >= 0.6 is 11.8 Å². The third-order valence-electron chi connectivity index (χ3n) is 2.66. The highest BCUT2D eigenvalue weighted by molar-refractivity contribution is 7.99. The SMILES string of the molecule is CCCNC(C)CC(C)Sc1ccc(F)c(F)c1. The Labute approximate surface area is 112 Å². The molecule has 0 aliphatic rings. The number of nitrogens with one attached hydrogen (secondary N) is 1. The first kappa shape index (κ1) is 15.4. The van der Waals surface area contributed by atoms with Crippen LogP contribution in [-0.2, 0) is 0 Å². The Balaban J connectivity index is 2.43. The molecule has 0 heterocycles. The topological polar surface area (TPSA) is 12.0 Å². The molecule has 0 saturated carbocycles. The summed E-state index contributed by atoms with van der Waals surface area (Å²) in [7, 11) is 0. The zero-order chi connectivity index (χ0) is 13.5. The van der Waals surface area contributed by atoms with Gasteiger partial charge < -0.3 is 5.32 Å². The molecule has 1 aromatic carbocycles. The number of hydrogen-bond donors (Lipinski definition) is 1. The van der Waals surface area contributed by atoms with Crippen LogP contribution < -0.4 is 5.32 Å². The maximum atomic E-state index is 13.1. The predicted molar refractivity (Wildman–Crippen MR) is 74.0 cm³/mol. The molecule has 0 bridgehead atoms. The molecule has 1 N–H and O–H groups in total. The normalized spacial score (nSPS) is 14.5. The van der Waals surface area contributed by atoms with Gasteiger partial charge in [-0.2, -0.15) is 0 Å². The molecule has 0 saturated heterocycles. The van der Waals surface area contributed by atoms with Gasteiger partial charge in [0.25, 0.3) is 0 Å². The average Bonchev–Trinajstić information content (AvgIpc) is 2.31. The molecule has 0 aliphatic carbocycles. The summed E-state index contributed by atoms with van der Waals surface area (Å²) < 4.78 is 25.8. The van der Waals surface area contributed by atoms with E-state index in [4.69, 9.17) is 0 Å². The van der Waals surface area contributed by atoms with Crippen LogP contribution in [0.3, 0.4) is 0 Å². The van der Waals surface area contributed by atoms with Crippen LogP contribution in [0.25, 0.3) is 0 Å². The molecule has 1 aromatic rings. The van der Waals surface area contributed by atoms with Gasteiger partial charge in [0.15, 0.2) is 11.6 Å². The average molecular weight is 273 g/mol. The Morgan fingerprint density at radius 1 is 1.22 bits per heavy atom. The fraction of sp³-hybridized carbons (Fsp3) is 0.571. The number of thioether (sulfide) groups is 1. The second kappa shape index (κ2) is 7.74. The maximum absolute atomic E-state index is 13.1. The molecule has 18 heavy (non-hydrogen) atoms. The van der Waals surface area contributed by atoms with Gasteiger partial charge in [-0.1, -0.05) is 13.8 Å². The molecule has 0 aliphatic heterocycles. The fourth-order valence-corrected chi connectivity index (χ4v) is 2.97. The largest absolute Gasteiger partial charge is 0.314 e. The Kier molecular flexibility index (Phi) is 6.65. The Hall–Kier alpha value is -0.610. The third kappa shape index (κ3) is 5.36. The van der Waals surface area contributed by atoms with E-state index in [1.807, 2.05) is 0 Å². The molecule has 0 radical (unpaired) electrons. The first-order chi connectivity index (χ1) is 8.52. The van der Waals surface area contributed by atoms with Crippen LogP contribution in [-0.4, -0.2) is 17.8 Å². The molecule has 0 aromatic heterocycles. The predicted octanol–water partition coefficient (Wildman–Crippen LogP) is 4.22. The number of benzene rings is 1. The van der Waals surface area contributed by atoms with E-state index >= 15 is 0 Å². The van der Waals surface area contributed by atoms with Gasteiger partial charge in [0, 0.05) is 16.2 Å². The molecule has 2 atom stereocenters. The van der Waals surface area contributed by atoms with Crippen molar-refractivity contribution in [3.8, 4) is 0 Å². The van der Waals surface area contributed by atoms with Crippen LogP contribution in [0.5, 0.6) is 0 Å².